The van der Waals surface area contributed by atoms with Crippen LogP contribution in [0.2, 0.25) is 0 Å². The van der Waals surface area contributed by atoms with E-state index < -0.39 is 64.6 Å². The molecule has 0 fully saturated rings. The first-order valence-electron chi connectivity index (χ1n) is 7.62. The zero-order valence-corrected chi connectivity index (χ0v) is 13.8. The van der Waals surface area contributed by atoms with E-state index in [2.05, 4.69) is 5.32 Å². The maximum atomic E-state index is 13.8. The highest BCUT2D eigenvalue weighted by atomic mass is 19.2. The molecule has 0 heterocycles. The normalized spacial score (nSPS) is 12.6. The second kappa shape index (κ2) is 8.61. The van der Waals surface area contributed by atoms with Crippen LogP contribution in [0, 0.1) is 29.1 Å². The van der Waals surface area contributed by atoms with E-state index in [4.69, 9.17) is 5.11 Å². The van der Waals surface area contributed by atoms with Gasteiger partial charge in [0.2, 0.25) is 11.6 Å². The van der Waals surface area contributed by atoms with Crippen LogP contribution >= 0.6 is 0 Å². The summed E-state index contributed by atoms with van der Waals surface area (Å²) in [5.41, 5.74) is -2.71. The molecule has 3 N–H and O–H groups in total. The lowest BCUT2D eigenvalue weighted by Gasteiger charge is -2.16. The molecule has 0 aliphatic heterocycles. The van der Waals surface area contributed by atoms with E-state index >= 15 is 0 Å². The molecule has 0 saturated heterocycles. The van der Waals surface area contributed by atoms with Gasteiger partial charge in [-0.1, -0.05) is 30.3 Å². The SMILES string of the molecule is O=C(O)/C(=C\N[C@H](CO)c1ccccc1)C(=O)c1c(F)c(F)c(F)c(F)c1F. The number of carbonyl (C=O) groups is 2. The van der Waals surface area contributed by atoms with Crippen molar-refractivity contribution < 1.29 is 41.8 Å². The van der Waals surface area contributed by atoms with Crippen molar-refractivity contribution in [1.29, 1.82) is 0 Å². The van der Waals surface area contributed by atoms with E-state index in [-0.39, 0.29) is 0 Å². The topological polar surface area (TPSA) is 86.6 Å². The molecule has 148 valence electrons. The standard InChI is InChI=1S/C18H12F5NO4/c19-12-11(13(20)15(22)16(23)14(12)21)17(26)9(18(27)28)6-24-10(7-25)8-4-2-1-3-5-8/h1-6,10,24-25H,7H2,(H,27,28)/b9-6-/t10-/m1/s1. The minimum Gasteiger partial charge on any atom is -0.477 e. The van der Waals surface area contributed by atoms with Crippen LogP contribution in [-0.2, 0) is 4.79 Å². The van der Waals surface area contributed by atoms with Gasteiger partial charge in [0.05, 0.1) is 12.6 Å². The van der Waals surface area contributed by atoms with Gasteiger partial charge in [-0.15, -0.1) is 0 Å². The summed E-state index contributed by atoms with van der Waals surface area (Å²) in [6.07, 6.45) is 0.524. The largest absolute Gasteiger partial charge is 0.477 e. The Balaban J connectivity index is 2.46. The summed E-state index contributed by atoms with van der Waals surface area (Å²) in [5.74, 6) is -16.0. The van der Waals surface area contributed by atoms with Gasteiger partial charge in [-0.25, -0.2) is 26.7 Å². The van der Waals surface area contributed by atoms with Gasteiger partial charge in [-0.2, -0.15) is 0 Å². The summed E-state index contributed by atoms with van der Waals surface area (Å²) >= 11 is 0. The lowest BCUT2D eigenvalue weighted by molar-refractivity contribution is -0.132. The van der Waals surface area contributed by atoms with Crippen molar-refractivity contribution in [2.75, 3.05) is 6.61 Å². The minimum absolute atomic E-state index is 0.481. The van der Waals surface area contributed by atoms with Crippen LogP contribution in [0.4, 0.5) is 22.0 Å². The summed E-state index contributed by atoms with van der Waals surface area (Å²) in [6.45, 7) is -0.551. The van der Waals surface area contributed by atoms with E-state index in [1.807, 2.05) is 0 Å². The number of hydrogen-bond acceptors (Lipinski definition) is 4. The Labute approximate surface area is 154 Å². The number of aliphatic hydroxyl groups is 1. The monoisotopic (exact) mass is 401 g/mol. The first kappa shape index (κ1) is 21.0. The number of halogens is 5. The maximum Gasteiger partial charge on any atom is 0.341 e. The molecular weight excluding hydrogens is 389 g/mol. The van der Waals surface area contributed by atoms with Crippen LogP contribution in [0.25, 0.3) is 0 Å². The number of carboxylic acids is 1. The second-order valence-electron chi connectivity index (χ2n) is 5.45. The van der Waals surface area contributed by atoms with E-state index in [0.29, 0.717) is 11.8 Å². The smallest absolute Gasteiger partial charge is 0.341 e. The third-order valence-electron chi connectivity index (χ3n) is 3.73. The molecule has 10 heteroatoms. The average Bonchev–Trinajstić information content (AvgIpc) is 2.68. The minimum atomic E-state index is -2.48. The Morgan fingerprint density at radius 2 is 1.43 bits per heavy atom. The molecule has 2 aromatic carbocycles. The molecule has 2 aromatic rings. The van der Waals surface area contributed by atoms with Crippen molar-refractivity contribution in [1.82, 2.24) is 5.32 Å². The van der Waals surface area contributed by atoms with Crippen molar-refractivity contribution in [3.8, 4) is 0 Å². The third-order valence-corrected chi connectivity index (χ3v) is 3.73. The predicted octanol–water partition coefficient (Wildman–Crippen LogP) is 2.86. The summed E-state index contributed by atoms with van der Waals surface area (Å²) in [6, 6.07) is 7.12. The van der Waals surface area contributed by atoms with Gasteiger partial charge in [-0.05, 0) is 5.56 Å². The number of nitrogens with one attached hydrogen (secondary N) is 1. The highest BCUT2D eigenvalue weighted by molar-refractivity contribution is 6.23. The highest BCUT2D eigenvalue weighted by Gasteiger charge is 2.33. The maximum absolute atomic E-state index is 13.8. The van der Waals surface area contributed by atoms with Gasteiger partial charge >= 0.3 is 5.97 Å². The molecule has 0 aliphatic rings. The molecule has 0 radical (unpaired) electrons. The van der Waals surface area contributed by atoms with E-state index in [1.54, 1.807) is 30.3 Å². The molecule has 0 aromatic heterocycles. The Morgan fingerprint density at radius 3 is 1.89 bits per heavy atom. The average molecular weight is 401 g/mol. The van der Waals surface area contributed by atoms with Crippen molar-refractivity contribution in [2.24, 2.45) is 0 Å². The molecule has 0 unspecified atom stereocenters. The molecule has 0 aliphatic carbocycles. The summed E-state index contributed by atoms with van der Waals surface area (Å²) < 4.78 is 67.2. The van der Waals surface area contributed by atoms with E-state index in [1.165, 1.54) is 0 Å². The Hall–Kier alpha value is -3.27. The lowest BCUT2D eigenvalue weighted by Crippen LogP contribution is -2.24. The van der Waals surface area contributed by atoms with Crippen LogP contribution in [0.1, 0.15) is 22.0 Å². The predicted molar refractivity (Wildman–Crippen MR) is 85.7 cm³/mol. The van der Waals surface area contributed by atoms with Crippen molar-refractivity contribution >= 4 is 11.8 Å². The number of carbonyl (C=O) groups excluding carboxylic acids is 1. The van der Waals surface area contributed by atoms with Gasteiger partial charge in [0.25, 0.3) is 0 Å². The van der Waals surface area contributed by atoms with Crippen molar-refractivity contribution in [2.45, 2.75) is 6.04 Å². The number of rotatable bonds is 7. The number of carboxylic acid groups (broad SMARTS) is 1. The summed E-state index contributed by atoms with van der Waals surface area (Å²) in [7, 11) is 0. The quantitative estimate of drug-likeness (QED) is 0.126. The van der Waals surface area contributed by atoms with E-state index in [9.17, 15) is 36.6 Å². The van der Waals surface area contributed by atoms with Crippen LogP contribution in [0.5, 0.6) is 0 Å². The molecular formula is C18H12F5NO4. The molecule has 1 atom stereocenters. The lowest BCUT2D eigenvalue weighted by atomic mass is 10.0. The fourth-order valence-corrected chi connectivity index (χ4v) is 2.29. The van der Waals surface area contributed by atoms with Crippen molar-refractivity contribution in [3.05, 3.63) is 82.3 Å². The molecule has 0 spiro atoms. The number of ketones is 1. The Kier molecular flexibility index (Phi) is 6.47. The number of benzene rings is 2. The van der Waals surface area contributed by atoms with Crippen LogP contribution < -0.4 is 5.32 Å². The van der Waals surface area contributed by atoms with Crippen LogP contribution in [0.15, 0.2) is 42.1 Å². The number of aliphatic hydroxyl groups excluding tert-OH is 1. The number of hydrogen-bond donors (Lipinski definition) is 3. The first-order chi connectivity index (χ1) is 13.2. The molecule has 5 nitrogen and oxygen atoms in total. The van der Waals surface area contributed by atoms with Crippen molar-refractivity contribution in [3.63, 3.8) is 0 Å². The zero-order chi connectivity index (χ0) is 21.0. The zero-order valence-electron chi connectivity index (χ0n) is 13.8. The number of Topliss-reactive ketones (excluding diaryl/α,β-unsaturated/α-hetero) is 1. The van der Waals surface area contributed by atoms with Gasteiger partial charge < -0.3 is 15.5 Å². The Bertz CT molecular complexity index is 918. The van der Waals surface area contributed by atoms with Gasteiger partial charge in [-0.3, -0.25) is 4.79 Å². The molecule has 2 rings (SSSR count). The summed E-state index contributed by atoms with van der Waals surface area (Å²) in [5, 5.41) is 20.9. The van der Waals surface area contributed by atoms with Gasteiger partial charge in [0.15, 0.2) is 23.3 Å². The van der Waals surface area contributed by atoms with E-state index in [0.717, 1.165) is 0 Å². The fourth-order valence-electron chi connectivity index (χ4n) is 2.29. The van der Waals surface area contributed by atoms with Crippen LogP contribution in [-0.4, -0.2) is 28.6 Å². The molecule has 0 saturated carbocycles. The van der Waals surface area contributed by atoms with Gasteiger partial charge in [0, 0.05) is 6.20 Å². The third kappa shape index (κ3) is 4.01. The first-order valence-corrected chi connectivity index (χ1v) is 7.62. The molecule has 28 heavy (non-hydrogen) atoms. The number of aliphatic carboxylic acids is 1. The Morgan fingerprint density at radius 1 is 0.929 bits per heavy atom. The highest BCUT2D eigenvalue weighted by Crippen LogP contribution is 2.25. The second-order valence-corrected chi connectivity index (χ2v) is 5.45. The molecule has 0 amide bonds. The fraction of sp³-hybridized carbons (Fsp3) is 0.111. The summed E-state index contributed by atoms with van der Waals surface area (Å²) in [4.78, 5) is 23.5. The van der Waals surface area contributed by atoms with Crippen LogP contribution in [0.3, 0.4) is 0 Å². The molecule has 0 bridgehead atoms. The van der Waals surface area contributed by atoms with Gasteiger partial charge in [0.1, 0.15) is 11.1 Å².